The molecule has 0 amide bonds. The molecule has 1 aromatic rings. The van der Waals surface area contributed by atoms with Gasteiger partial charge in [-0.05, 0) is 106 Å². The van der Waals surface area contributed by atoms with Gasteiger partial charge in [0, 0.05) is 75.4 Å². The minimum atomic E-state index is -0.760. The molecule has 9 rings (SSSR count). The Kier molecular flexibility index (Phi) is 12.8. The number of fused-ring (bicyclic) bond motifs is 8. The van der Waals surface area contributed by atoms with E-state index in [4.69, 9.17) is 20.2 Å². The van der Waals surface area contributed by atoms with Crippen molar-refractivity contribution in [1.29, 1.82) is 0 Å². The van der Waals surface area contributed by atoms with Crippen molar-refractivity contribution in [1.82, 2.24) is 20.4 Å². The Morgan fingerprint density at radius 2 is 1.91 bits per heavy atom. The minimum absolute atomic E-state index is 0.00203. The molecule has 8 N–H and O–H groups in total. The van der Waals surface area contributed by atoms with Crippen molar-refractivity contribution in [3.63, 3.8) is 0 Å². The lowest BCUT2D eigenvalue weighted by Gasteiger charge is -2.55. The number of nitrogens with two attached hydrogens (primary N) is 1. The van der Waals surface area contributed by atoms with Crippen LogP contribution >= 0.6 is 0 Å². The van der Waals surface area contributed by atoms with Crippen molar-refractivity contribution in [3.8, 4) is 23.3 Å². The predicted molar refractivity (Wildman–Crippen MR) is 221 cm³/mol. The van der Waals surface area contributed by atoms with Crippen molar-refractivity contribution in [2.45, 2.75) is 134 Å². The number of aliphatic hydroxyl groups is 3. The number of esters is 1. The van der Waals surface area contributed by atoms with Crippen LogP contribution in [0, 0.1) is 46.3 Å². The zero-order chi connectivity index (χ0) is 40.4. The number of piperidine rings is 3. The number of guanidine groups is 1. The van der Waals surface area contributed by atoms with Gasteiger partial charge in [0.15, 0.2) is 17.5 Å². The molecule has 13 nitrogen and oxygen atoms in total. The molecule has 4 fully saturated rings. The van der Waals surface area contributed by atoms with Crippen LogP contribution in [0.4, 0.5) is 0 Å². The van der Waals surface area contributed by atoms with Gasteiger partial charge >= 0.3 is 5.97 Å². The van der Waals surface area contributed by atoms with Gasteiger partial charge in [0.25, 0.3) is 0 Å². The molecule has 2 unspecified atom stereocenters. The average molecular weight is 805 g/mol. The number of hydrogen-bond donors (Lipinski definition) is 7. The Morgan fingerprint density at radius 1 is 1.07 bits per heavy atom. The summed E-state index contributed by atoms with van der Waals surface area (Å²) in [7, 11) is 0. The van der Waals surface area contributed by atoms with E-state index >= 15 is 0 Å². The molecule has 6 aliphatic heterocycles. The summed E-state index contributed by atoms with van der Waals surface area (Å²) in [6.07, 6.45) is 9.94. The first-order valence-electron chi connectivity index (χ1n) is 22.4. The molecule has 13 heteroatoms. The summed E-state index contributed by atoms with van der Waals surface area (Å²) in [4.78, 5) is 22.7. The summed E-state index contributed by atoms with van der Waals surface area (Å²) in [5, 5.41) is 52.0. The fourth-order valence-electron chi connectivity index (χ4n) is 12.4. The zero-order valence-electron chi connectivity index (χ0n) is 34.5. The lowest BCUT2D eigenvalue weighted by molar-refractivity contribution is -0.152. The van der Waals surface area contributed by atoms with Crippen molar-refractivity contribution < 1.29 is 34.7 Å². The van der Waals surface area contributed by atoms with Gasteiger partial charge in [-0.25, -0.2) is 4.99 Å². The molecule has 1 aromatic carbocycles. The average Bonchev–Trinajstić information content (AvgIpc) is 3.68. The molecule has 58 heavy (non-hydrogen) atoms. The number of benzene rings is 1. The fraction of sp³-hybridized carbons (Fsp3) is 0.778. The van der Waals surface area contributed by atoms with Crippen molar-refractivity contribution >= 4 is 11.9 Å². The Balaban J connectivity index is 1.26. The van der Waals surface area contributed by atoms with Crippen LogP contribution in [-0.2, 0) is 22.6 Å². The van der Waals surface area contributed by atoms with E-state index in [-0.39, 0.29) is 60.8 Å². The summed E-state index contributed by atoms with van der Waals surface area (Å²) in [5.74, 6) is 8.76. The molecule has 0 radical (unpaired) electrons. The molecule has 2 spiro atoms. The number of ether oxygens (including phenoxy) is 2. The smallest absolute Gasteiger partial charge is 0.302 e. The third-order valence-electron chi connectivity index (χ3n) is 15.4. The maximum absolute atomic E-state index is 12.9. The normalized spacial score (nSPS) is 39.0. The lowest BCUT2D eigenvalue weighted by Crippen LogP contribution is -2.62. The number of aliphatic hydroxyl groups excluding tert-OH is 3. The van der Waals surface area contributed by atoms with E-state index < -0.39 is 23.6 Å². The highest BCUT2D eigenvalue weighted by Gasteiger charge is 2.55. The van der Waals surface area contributed by atoms with Gasteiger partial charge in [-0.1, -0.05) is 31.1 Å². The Labute approximate surface area is 344 Å². The van der Waals surface area contributed by atoms with Crippen molar-refractivity contribution in [3.05, 3.63) is 23.3 Å². The molecule has 8 aliphatic rings. The largest absolute Gasteiger partial charge is 0.504 e. The van der Waals surface area contributed by atoms with Gasteiger partial charge in [0.1, 0.15) is 12.2 Å². The van der Waals surface area contributed by atoms with E-state index in [0.717, 1.165) is 102 Å². The van der Waals surface area contributed by atoms with Crippen LogP contribution in [0.5, 0.6) is 11.5 Å². The van der Waals surface area contributed by atoms with Gasteiger partial charge in [-0.2, -0.15) is 0 Å². The first kappa shape index (κ1) is 41.6. The van der Waals surface area contributed by atoms with Crippen molar-refractivity contribution in [2.24, 2.45) is 45.2 Å². The third-order valence-corrected chi connectivity index (χ3v) is 15.4. The quantitative estimate of drug-likeness (QED) is 0.176. The van der Waals surface area contributed by atoms with E-state index in [1.54, 1.807) is 6.07 Å². The molecular formula is C45H68N6O7. The number of aliphatic imine (C=N–C) groups is 1. The highest BCUT2D eigenvalue weighted by atomic mass is 16.5. The second-order valence-electron chi connectivity index (χ2n) is 19.1. The van der Waals surface area contributed by atoms with E-state index in [2.05, 4.69) is 32.3 Å². The molecule has 12 atom stereocenters. The van der Waals surface area contributed by atoms with Gasteiger partial charge < -0.3 is 46.3 Å². The Morgan fingerprint density at radius 3 is 2.71 bits per heavy atom. The zero-order valence-corrected chi connectivity index (χ0v) is 34.5. The number of carbonyl (C=O) groups is 1. The van der Waals surface area contributed by atoms with Gasteiger partial charge in [0.2, 0.25) is 0 Å². The van der Waals surface area contributed by atoms with Crippen LogP contribution < -0.4 is 21.1 Å². The van der Waals surface area contributed by atoms with Gasteiger partial charge in [-0.15, -0.1) is 0 Å². The molecule has 0 aromatic heterocycles. The SMILES string of the molecule is CC(=O)O[C@H]1C[C@@H](O)CC[C@]2(C#C[C@@H]3CCC[C@@H]4C[C@H](CCN4)Oc4cc(c(CO)cc4O)C[C@H]31)CNC(N)=NCN1C[C@@H]3C[C@H](C1)[C@H](CO)N(C3)CC21CCCC1. The number of aromatic hydroxyl groups is 1. The summed E-state index contributed by atoms with van der Waals surface area (Å²) < 4.78 is 12.7. The Hall–Kier alpha value is -3.12. The molecule has 3 saturated heterocycles. The maximum atomic E-state index is 12.9. The number of phenols is 1. The standard InChI is InChI=1S/C45H68N6O7/c1-29(54)57-41-20-36(55)8-13-44(26-48-43(46)49-28-50-21-30-15-33(23-50)39(25-53)51(22-30)27-45(44)10-2-3-11-45)12-7-31-5-4-6-35-19-37(9-14-47-35)58-42-18-32(16-38(31)41)34(24-52)17-40(42)56/h17-18,30-31,33,35-39,41,47,52-53,55-56H,2-6,8-11,13-16,19-28H2,1H3,(H3,46,48,49)/t30-,31-,33+,35+,36-,37-,38+,39-,41-,44+/m0/s1. The van der Waals surface area contributed by atoms with Crippen molar-refractivity contribution in [2.75, 3.05) is 52.5 Å². The molecular weight excluding hydrogens is 737 g/mol. The summed E-state index contributed by atoms with van der Waals surface area (Å²) in [6.45, 7) is 6.78. The second kappa shape index (κ2) is 17.8. The summed E-state index contributed by atoms with van der Waals surface area (Å²) in [5.41, 5.74) is 7.31. The van der Waals surface area contributed by atoms with Crippen LogP contribution in [0.1, 0.15) is 102 Å². The highest BCUT2D eigenvalue weighted by Crippen LogP contribution is 2.56. The minimum Gasteiger partial charge on any atom is -0.504 e. The lowest BCUT2D eigenvalue weighted by atomic mass is 9.58. The molecule has 320 valence electrons. The van der Waals surface area contributed by atoms with Crippen LogP contribution in [0.3, 0.4) is 0 Å². The van der Waals surface area contributed by atoms with E-state index in [0.29, 0.717) is 61.6 Å². The van der Waals surface area contributed by atoms with Crippen LogP contribution in [-0.4, -0.2) is 125 Å². The van der Waals surface area contributed by atoms with Crippen LogP contribution in [0.2, 0.25) is 0 Å². The molecule has 6 heterocycles. The molecule has 1 saturated carbocycles. The van der Waals surface area contributed by atoms with E-state index in [1.807, 2.05) is 6.07 Å². The number of nitrogens with one attached hydrogen (secondary N) is 2. The van der Waals surface area contributed by atoms with E-state index in [1.165, 1.54) is 6.92 Å². The molecule has 2 aliphatic carbocycles. The first-order valence-corrected chi connectivity index (χ1v) is 22.4. The third kappa shape index (κ3) is 8.84. The van der Waals surface area contributed by atoms with Crippen LogP contribution in [0.25, 0.3) is 0 Å². The Bertz CT molecular complexity index is 1710. The highest BCUT2D eigenvalue weighted by molar-refractivity contribution is 5.77. The number of phenolic OH excluding ortho intramolecular Hbond substituents is 1. The topological polar surface area (TPSA) is 185 Å². The number of nitrogens with zero attached hydrogens (tertiary/aromatic N) is 3. The number of rotatable bonds is 3. The van der Waals surface area contributed by atoms with Crippen LogP contribution in [0.15, 0.2) is 17.1 Å². The summed E-state index contributed by atoms with van der Waals surface area (Å²) >= 11 is 0. The number of carbonyl (C=O) groups excluding carboxylic acids is 1. The van der Waals surface area contributed by atoms with Gasteiger partial charge in [-0.3, -0.25) is 14.6 Å². The second-order valence-corrected chi connectivity index (χ2v) is 19.1. The van der Waals surface area contributed by atoms with Gasteiger partial charge in [0.05, 0.1) is 31.4 Å². The molecule has 8 bridgehead atoms. The summed E-state index contributed by atoms with van der Waals surface area (Å²) in [6, 6.07) is 3.79. The fourth-order valence-corrected chi connectivity index (χ4v) is 12.4. The maximum Gasteiger partial charge on any atom is 0.302 e. The first-order chi connectivity index (χ1) is 28.1. The monoisotopic (exact) mass is 805 g/mol. The van der Waals surface area contributed by atoms with E-state index in [9.17, 15) is 25.2 Å². The predicted octanol–water partition coefficient (Wildman–Crippen LogP) is 2.86. The number of hydrogen-bond acceptors (Lipinski definition) is 13.